The Morgan fingerprint density at radius 2 is 1.93 bits per heavy atom. The SMILES string of the molecule is Cc1ccc(S(=O)(=O)N2CCC[C@H](C(=O)NCCOc3ccccc3Cl)C2)cc1. The van der Waals surface area contributed by atoms with E-state index in [1.165, 1.54) is 4.31 Å². The Hall–Kier alpha value is -2.09. The van der Waals surface area contributed by atoms with E-state index in [9.17, 15) is 13.2 Å². The van der Waals surface area contributed by atoms with E-state index in [1.54, 1.807) is 36.4 Å². The third-order valence-electron chi connectivity index (χ3n) is 4.91. The first-order chi connectivity index (χ1) is 13.9. The van der Waals surface area contributed by atoms with E-state index < -0.39 is 10.0 Å². The van der Waals surface area contributed by atoms with E-state index in [2.05, 4.69) is 5.32 Å². The summed E-state index contributed by atoms with van der Waals surface area (Å²) in [7, 11) is -3.60. The van der Waals surface area contributed by atoms with E-state index in [0.717, 1.165) is 5.56 Å². The summed E-state index contributed by atoms with van der Waals surface area (Å²) in [5.41, 5.74) is 0.999. The van der Waals surface area contributed by atoms with Gasteiger partial charge in [-0.1, -0.05) is 41.4 Å². The molecule has 0 spiro atoms. The number of hydrogen-bond donors (Lipinski definition) is 1. The van der Waals surface area contributed by atoms with Crippen molar-refractivity contribution in [3.8, 4) is 5.75 Å². The molecular formula is C21H25ClN2O4S. The highest BCUT2D eigenvalue weighted by atomic mass is 35.5. The Balaban J connectivity index is 1.52. The van der Waals surface area contributed by atoms with Crippen LogP contribution in [0.5, 0.6) is 5.75 Å². The summed E-state index contributed by atoms with van der Waals surface area (Å²) in [5.74, 6) is 0.0392. The lowest BCUT2D eigenvalue weighted by Gasteiger charge is -2.31. The standard InChI is InChI=1S/C21H25ClN2O4S/c1-16-8-10-18(11-9-16)29(26,27)24-13-4-5-17(15-24)21(25)23-12-14-28-20-7-3-2-6-19(20)22/h2-3,6-11,17H,4-5,12-15H2,1H3,(H,23,25)/t17-/m0/s1. The van der Waals surface area contributed by atoms with Crippen molar-refractivity contribution < 1.29 is 17.9 Å². The van der Waals surface area contributed by atoms with Crippen LogP contribution < -0.4 is 10.1 Å². The summed E-state index contributed by atoms with van der Waals surface area (Å²) in [5, 5.41) is 3.35. The zero-order valence-corrected chi connectivity index (χ0v) is 17.9. The van der Waals surface area contributed by atoms with Crippen LogP contribution in [0.15, 0.2) is 53.4 Å². The van der Waals surface area contributed by atoms with E-state index in [-0.39, 0.29) is 29.9 Å². The molecule has 0 unspecified atom stereocenters. The first-order valence-corrected chi connectivity index (χ1v) is 11.4. The molecule has 8 heteroatoms. The van der Waals surface area contributed by atoms with Gasteiger partial charge in [0.05, 0.1) is 22.4 Å². The molecule has 0 saturated carbocycles. The molecule has 2 aromatic carbocycles. The molecule has 0 bridgehead atoms. The molecule has 0 aliphatic carbocycles. The van der Waals surface area contributed by atoms with Crippen LogP contribution in [0.25, 0.3) is 0 Å². The van der Waals surface area contributed by atoms with Gasteiger partial charge in [-0.15, -0.1) is 0 Å². The molecule has 1 heterocycles. The fourth-order valence-electron chi connectivity index (χ4n) is 3.28. The third kappa shape index (κ3) is 5.50. The Labute approximate surface area is 176 Å². The highest BCUT2D eigenvalue weighted by molar-refractivity contribution is 7.89. The molecule has 29 heavy (non-hydrogen) atoms. The molecule has 0 aromatic heterocycles. The summed E-state index contributed by atoms with van der Waals surface area (Å²) in [6.07, 6.45) is 1.32. The van der Waals surface area contributed by atoms with Gasteiger partial charge in [-0.3, -0.25) is 4.79 Å². The summed E-state index contributed by atoms with van der Waals surface area (Å²) < 4.78 is 32.7. The van der Waals surface area contributed by atoms with Gasteiger partial charge in [0, 0.05) is 13.1 Å². The Morgan fingerprint density at radius 3 is 2.66 bits per heavy atom. The second-order valence-electron chi connectivity index (χ2n) is 7.09. The van der Waals surface area contributed by atoms with Gasteiger partial charge < -0.3 is 10.1 Å². The van der Waals surface area contributed by atoms with Crippen LogP contribution in [0.3, 0.4) is 0 Å². The van der Waals surface area contributed by atoms with Crippen LogP contribution in [0.4, 0.5) is 0 Å². The van der Waals surface area contributed by atoms with Crippen molar-refractivity contribution in [1.82, 2.24) is 9.62 Å². The number of sulfonamides is 1. The largest absolute Gasteiger partial charge is 0.490 e. The highest BCUT2D eigenvalue weighted by Crippen LogP contribution is 2.25. The van der Waals surface area contributed by atoms with Gasteiger partial charge in [0.15, 0.2) is 0 Å². The van der Waals surface area contributed by atoms with Crippen LogP contribution in [0.1, 0.15) is 18.4 Å². The maximum Gasteiger partial charge on any atom is 0.243 e. The van der Waals surface area contributed by atoms with Crippen molar-refractivity contribution in [2.24, 2.45) is 5.92 Å². The van der Waals surface area contributed by atoms with Gasteiger partial charge in [-0.25, -0.2) is 8.42 Å². The second-order valence-corrected chi connectivity index (χ2v) is 9.43. The van der Waals surface area contributed by atoms with Crippen molar-refractivity contribution in [2.45, 2.75) is 24.7 Å². The number of piperidine rings is 1. The quantitative estimate of drug-likeness (QED) is 0.676. The van der Waals surface area contributed by atoms with Gasteiger partial charge in [0.2, 0.25) is 15.9 Å². The van der Waals surface area contributed by atoms with E-state index in [0.29, 0.717) is 36.7 Å². The van der Waals surface area contributed by atoms with Gasteiger partial charge in [0.1, 0.15) is 12.4 Å². The third-order valence-corrected chi connectivity index (χ3v) is 7.10. The number of benzene rings is 2. The number of amides is 1. The van der Waals surface area contributed by atoms with E-state index in [4.69, 9.17) is 16.3 Å². The maximum atomic E-state index is 12.9. The van der Waals surface area contributed by atoms with Crippen molar-refractivity contribution in [3.05, 3.63) is 59.1 Å². The van der Waals surface area contributed by atoms with Gasteiger partial charge >= 0.3 is 0 Å². The summed E-state index contributed by atoms with van der Waals surface area (Å²) >= 11 is 6.03. The first kappa shape index (κ1) is 21.6. The fourth-order valence-corrected chi connectivity index (χ4v) is 4.99. The number of nitrogens with zero attached hydrogens (tertiary/aromatic N) is 1. The Bertz CT molecular complexity index is 947. The lowest BCUT2D eigenvalue weighted by molar-refractivity contribution is -0.126. The van der Waals surface area contributed by atoms with E-state index in [1.807, 2.05) is 19.1 Å². The fraction of sp³-hybridized carbons (Fsp3) is 0.381. The highest BCUT2D eigenvalue weighted by Gasteiger charge is 2.33. The predicted molar refractivity (Wildman–Crippen MR) is 113 cm³/mol. The molecule has 1 aliphatic heterocycles. The molecule has 1 saturated heterocycles. The minimum absolute atomic E-state index is 0.156. The van der Waals surface area contributed by atoms with Crippen molar-refractivity contribution >= 4 is 27.5 Å². The Morgan fingerprint density at radius 1 is 1.21 bits per heavy atom. The van der Waals surface area contributed by atoms with E-state index >= 15 is 0 Å². The molecule has 6 nitrogen and oxygen atoms in total. The zero-order valence-electron chi connectivity index (χ0n) is 16.3. The maximum absolute atomic E-state index is 12.9. The number of rotatable bonds is 7. The number of para-hydroxylation sites is 1. The summed E-state index contributed by atoms with van der Waals surface area (Å²) in [4.78, 5) is 12.8. The molecular weight excluding hydrogens is 412 g/mol. The van der Waals surface area contributed by atoms with Crippen molar-refractivity contribution in [2.75, 3.05) is 26.2 Å². The molecule has 1 fully saturated rings. The topological polar surface area (TPSA) is 75.7 Å². The molecule has 0 radical (unpaired) electrons. The molecule has 1 atom stereocenters. The minimum atomic E-state index is -3.60. The lowest BCUT2D eigenvalue weighted by Crippen LogP contribution is -2.45. The van der Waals surface area contributed by atoms with Crippen LogP contribution in [0, 0.1) is 12.8 Å². The van der Waals surface area contributed by atoms with Gasteiger partial charge in [0.25, 0.3) is 0 Å². The average Bonchev–Trinajstić information content (AvgIpc) is 2.72. The van der Waals surface area contributed by atoms with Crippen LogP contribution in [-0.2, 0) is 14.8 Å². The molecule has 1 N–H and O–H groups in total. The van der Waals surface area contributed by atoms with Crippen molar-refractivity contribution in [3.63, 3.8) is 0 Å². The monoisotopic (exact) mass is 436 g/mol. The molecule has 3 rings (SSSR count). The van der Waals surface area contributed by atoms with Crippen LogP contribution in [0.2, 0.25) is 5.02 Å². The zero-order chi connectivity index (χ0) is 20.9. The number of hydrogen-bond acceptors (Lipinski definition) is 4. The average molecular weight is 437 g/mol. The summed E-state index contributed by atoms with van der Waals surface area (Å²) in [6.45, 7) is 3.13. The van der Waals surface area contributed by atoms with Gasteiger partial charge in [-0.05, 0) is 44.0 Å². The number of carbonyl (C=O) groups is 1. The normalized spacial score (nSPS) is 17.7. The number of ether oxygens (including phenoxy) is 1. The van der Waals surface area contributed by atoms with Crippen molar-refractivity contribution in [1.29, 1.82) is 0 Å². The predicted octanol–water partition coefficient (Wildman–Crippen LogP) is 3.24. The molecule has 1 aliphatic rings. The van der Waals surface area contributed by atoms with Crippen LogP contribution >= 0.6 is 11.6 Å². The summed E-state index contributed by atoms with van der Waals surface area (Å²) in [6, 6.07) is 13.9. The molecule has 156 valence electrons. The number of halogens is 1. The first-order valence-electron chi connectivity index (χ1n) is 9.60. The second kappa shape index (κ2) is 9.61. The van der Waals surface area contributed by atoms with Crippen LogP contribution in [-0.4, -0.2) is 44.9 Å². The number of aryl methyl sites for hydroxylation is 1. The smallest absolute Gasteiger partial charge is 0.243 e. The number of carbonyl (C=O) groups excluding carboxylic acids is 1. The molecule has 1 amide bonds. The minimum Gasteiger partial charge on any atom is -0.490 e. The number of nitrogens with one attached hydrogen (secondary N) is 1. The molecule has 2 aromatic rings. The lowest BCUT2D eigenvalue weighted by atomic mass is 9.99. The van der Waals surface area contributed by atoms with Gasteiger partial charge in [-0.2, -0.15) is 4.31 Å². The Kier molecular flexibility index (Phi) is 7.16.